The number of rotatable bonds is 6. The third kappa shape index (κ3) is 4.31. The molecule has 0 amide bonds. The largest absolute Gasteiger partial charge is 0.497 e. The molecule has 0 fully saturated rings. The van der Waals surface area contributed by atoms with Crippen LogP contribution in [0.3, 0.4) is 0 Å². The van der Waals surface area contributed by atoms with Crippen molar-refractivity contribution in [2.75, 3.05) is 20.7 Å². The van der Waals surface area contributed by atoms with E-state index >= 15 is 0 Å². The van der Waals surface area contributed by atoms with Crippen molar-refractivity contribution in [3.05, 3.63) is 65.2 Å². The van der Waals surface area contributed by atoms with E-state index in [0.29, 0.717) is 0 Å². The summed E-state index contributed by atoms with van der Waals surface area (Å²) in [5, 5.41) is 0. The summed E-state index contributed by atoms with van der Waals surface area (Å²) >= 11 is 0. The highest BCUT2D eigenvalue weighted by molar-refractivity contribution is 5.29. The summed E-state index contributed by atoms with van der Waals surface area (Å²) < 4.78 is 5.26. The van der Waals surface area contributed by atoms with Gasteiger partial charge in [-0.1, -0.05) is 36.4 Å². The monoisotopic (exact) mass is 284 g/mol. The van der Waals surface area contributed by atoms with Gasteiger partial charge in [0.05, 0.1) is 7.11 Å². The molecule has 1 unspecified atom stereocenters. The molecule has 1 atom stereocenters. The Morgan fingerprint density at radius 3 is 2.62 bits per heavy atom. The number of ether oxygens (including phenoxy) is 1. The Labute approximate surface area is 127 Å². The zero-order chi connectivity index (χ0) is 15.2. The molecule has 21 heavy (non-hydrogen) atoms. The Morgan fingerprint density at radius 1 is 1.14 bits per heavy atom. The molecule has 0 saturated carbocycles. The second-order valence-electron chi connectivity index (χ2n) is 5.51. The van der Waals surface area contributed by atoms with Crippen molar-refractivity contribution in [1.82, 2.24) is 4.90 Å². The standard InChI is InChI=1S/C18H24N2O/c1-14-7-4-5-10-17(14)18(19)13-20(2)12-15-8-6-9-16(11-15)21-3/h4-11,18H,12-13,19H2,1-3H3. The van der Waals surface area contributed by atoms with Crippen LogP contribution in [0.25, 0.3) is 0 Å². The first kappa shape index (κ1) is 15.5. The molecular formula is C18H24N2O. The molecule has 112 valence electrons. The SMILES string of the molecule is COc1cccc(CN(C)CC(N)c2ccccc2C)c1. The number of likely N-dealkylation sites (N-methyl/N-ethyl adjacent to an activating group) is 1. The molecule has 2 aromatic rings. The Hall–Kier alpha value is -1.84. The van der Waals surface area contributed by atoms with E-state index in [-0.39, 0.29) is 6.04 Å². The summed E-state index contributed by atoms with van der Waals surface area (Å²) in [6.07, 6.45) is 0. The Kier molecular flexibility index (Phi) is 5.37. The van der Waals surface area contributed by atoms with Crippen molar-refractivity contribution in [3.63, 3.8) is 0 Å². The third-order valence-corrected chi connectivity index (χ3v) is 3.68. The summed E-state index contributed by atoms with van der Waals surface area (Å²) in [7, 11) is 3.79. The molecule has 0 saturated heterocycles. The van der Waals surface area contributed by atoms with Gasteiger partial charge >= 0.3 is 0 Å². The van der Waals surface area contributed by atoms with Crippen LogP contribution in [0.15, 0.2) is 48.5 Å². The average molecular weight is 284 g/mol. The van der Waals surface area contributed by atoms with Gasteiger partial charge in [0.25, 0.3) is 0 Å². The maximum absolute atomic E-state index is 6.34. The summed E-state index contributed by atoms with van der Waals surface area (Å²) in [5.74, 6) is 0.893. The van der Waals surface area contributed by atoms with E-state index in [2.05, 4.69) is 43.1 Å². The van der Waals surface area contributed by atoms with E-state index in [1.807, 2.05) is 24.3 Å². The fourth-order valence-electron chi connectivity index (χ4n) is 2.58. The van der Waals surface area contributed by atoms with Gasteiger partial charge in [-0.25, -0.2) is 0 Å². The van der Waals surface area contributed by atoms with Crippen LogP contribution in [-0.2, 0) is 6.54 Å². The predicted molar refractivity (Wildman–Crippen MR) is 87.4 cm³/mol. The van der Waals surface area contributed by atoms with Gasteiger partial charge in [-0.05, 0) is 42.8 Å². The van der Waals surface area contributed by atoms with Gasteiger partial charge in [0.1, 0.15) is 5.75 Å². The molecule has 3 heteroatoms. The van der Waals surface area contributed by atoms with Gasteiger partial charge in [0.2, 0.25) is 0 Å². The molecule has 0 aliphatic rings. The number of aryl methyl sites for hydroxylation is 1. The van der Waals surface area contributed by atoms with Crippen molar-refractivity contribution in [2.24, 2.45) is 5.73 Å². The molecule has 0 bridgehead atoms. The lowest BCUT2D eigenvalue weighted by atomic mass is 10.0. The van der Waals surface area contributed by atoms with Crippen molar-refractivity contribution >= 4 is 0 Å². The summed E-state index contributed by atoms with van der Waals surface area (Å²) in [6.45, 7) is 3.79. The molecular weight excluding hydrogens is 260 g/mol. The Bertz CT molecular complexity index is 583. The van der Waals surface area contributed by atoms with Gasteiger partial charge in [0, 0.05) is 19.1 Å². The number of hydrogen-bond donors (Lipinski definition) is 1. The lowest BCUT2D eigenvalue weighted by molar-refractivity contribution is 0.304. The quantitative estimate of drug-likeness (QED) is 0.885. The number of methoxy groups -OCH3 is 1. The third-order valence-electron chi connectivity index (χ3n) is 3.68. The number of nitrogens with zero attached hydrogens (tertiary/aromatic N) is 1. The number of hydrogen-bond acceptors (Lipinski definition) is 3. The van der Waals surface area contributed by atoms with Crippen LogP contribution >= 0.6 is 0 Å². The summed E-state index contributed by atoms with van der Waals surface area (Å²) in [5.41, 5.74) is 10.0. The summed E-state index contributed by atoms with van der Waals surface area (Å²) in [6, 6.07) is 16.5. The first-order chi connectivity index (χ1) is 10.1. The van der Waals surface area contributed by atoms with Crippen molar-refractivity contribution in [2.45, 2.75) is 19.5 Å². The maximum atomic E-state index is 6.34. The fraction of sp³-hybridized carbons (Fsp3) is 0.333. The average Bonchev–Trinajstić information content (AvgIpc) is 2.47. The molecule has 0 spiro atoms. The minimum atomic E-state index is 0.0295. The van der Waals surface area contributed by atoms with Crippen LogP contribution in [0.5, 0.6) is 5.75 Å². The van der Waals surface area contributed by atoms with Crippen molar-refractivity contribution < 1.29 is 4.74 Å². The molecule has 2 rings (SSSR count). The lowest BCUT2D eigenvalue weighted by Gasteiger charge is -2.23. The molecule has 3 nitrogen and oxygen atoms in total. The second kappa shape index (κ2) is 7.25. The van der Waals surface area contributed by atoms with Gasteiger partial charge in [-0.15, -0.1) is 0 Å². The van der Waals surface area contributed by atoms with Gasteiger partial charge < -0.3 is 15.4 Å². The number of benzene rings is 2. The van der Waals surface area contributed by atoms with Crippen LogP contribution in [0.4, 0.5) is 0 Å². The van der Waals surface area contributed by atoms with E-state index in [9.17, 15) is 0 Å². The zero-order valence-corrected chi connectivity index (χ0v) is 13.0. The van der Waals surface area contributed by atoms with Crippen LogP contribution < -0.4 is 10.5 Å². The van der Waals surface area contributed by atoms with Crippen molar-refractivity contribution in [3.8, 4) is 5.75 Å². The molecule has 0 radical (unpaired) electrons. The molecule has 0 aliphatic carbocycles. The van der Waals surface area contributed by atoms with Crippen molar-refractivity contribution in [1.29, 1.82) is 0 Å². The highest BCUT2D eigenvalue weighted by Crippen LogP contribution is 2.18. The van der Waals surface area contributed by atoms with E-state index in [1.54, 1.807) is 7.11 Å². The van der Waals surface area contributed by atoms with E-state index < -0.39 is 0 Å². The molecule has 2 N–H and O–H groups in total. The first-order valence-corrected chi connectivity index (χ1v) is 7.22. The fourth-order valence-corrected chi connectivity index (χ4v) is 2.58. The lowest BCUT2D eigenvalue weighted by Crippen LogP contribution is -2.29. The minimum Gasteiger partial charge on any atom is -0.497 e. The highest BCUT2D eigenvalue weighted by atomic mass is 16.5. The Morgan fingerprint density at radius 2 is 1.90 bits per heavy atom. The molecule has 0 aliphatic heterocycles. The Balaban J connectivity index is 1.98. The van der Waals surface area contributed by atoms with Gasteiger partial charge in [-0.2, -0.15) is 0 Å². The second-order valence-corrected chi connectivity index (χ2v) is 5.51. The summed E-state index contributed by atoms with van der Waals surface area (Å²) in [4.78, 5) is 2.24. The van der Waals surface area contributed by atoms with Crippen LogP contribution in [-0.4, -0.2) is 25.6 Å². The normalized spacial score (nSPS) is 12.4. The van der Waals surface area contributed by atoms with Crippen LogP contribution in [0.2, 0.25) is 0 Å². The van der Waals surface area contributed by atoms with Gasteiger partial charge in [-0.3, -0.25) is 0 Å². The zero-order valence-electron chi connectivity index (χ0n) is 13.0. The smallest absolute Gasteiger partial charge is 0.119 e. The molecule has 2 aromatic carbocycles. The van der Waals surface area contributed by atoms with E-state index in [0.717, 1.165) is 18.8 Å². The van der Waals surface area contributed by atoms with Gasteiger partial charge in [0.15, 0.2) is 0 Å². The molecule has 0 heterocycles. The highest BCUT2D eigenvalue weighted by Gasteiger charge is 2.11. The molecule has 0 aromatic heterocycles. The van der Waals surface area contributed by atoms with Crippen LogP contribution in [0, 0.1) is 6.92 Å². The number of nitrogens with two attached hydrogens (primary N) is 1. The topological polar surface area (TPSA) is 38.5 Å². The minimum absolute atomic E-state index is 0.0295. The maximum Gasteiger partial charge on any atom is 0.119 e. The van der Waals surface area contributed by atoms with E-state index in [1.165, 1.54) is 16.7 Å². The van der Waals surface area contributed by atoms with E-state index in [4.69, 9.17) is 10.5 Å². The predicted octanol–water partition coefficient (Wildman–Crippen LogP) is 3.14. The first-order valence-electron chi connectivity index (χ1n) is 7.22. The van der Waals surface area contributed by atoms with Crippen LogP contribution in [0.1, 0.15) is 22.7 Å².